The zero-order chi connectivity index (χ0) is 14.0. The second-order valence-corrected chi connectivity index (χ2v) is 7.71. The zero-order valence-corrected chi connectivity index (χ0v) is 12.3. The van der Waals surface area contributed by atoms with Gasteiger partial charge in [-0.15, -0.1) is 0 Å². The summed E-state index contributed by atoms with van der Waals surface area (Å²) in [5.41, 5.74) is 1.06. The quantitative estimate of drug-likeness (QED) is 0.842. The molecule has 3 rings (SSSR count). The van der Waals surface area contributed by atoms with Crippen LogP contribution in [0.3, 0.4) is 0 Å². The van der Waals surface area contributed by atoms with Gasteiger partial charge in [-0.1, -0.05) is 6.07 Å². The fourth-order valence-corrected chi connectivity index (χ4v) is 4.32. The van der Waals surface area contributed by atoms with Gasteiger partial charge in [0.15, 0.2) is 0 Å². The van der Waals surface area contributed by atoms with Crippen LogP contribution in [0.15, 0.2) is 24.4 Å². The van der Waals surface area contributed by atoms with E-state index in [-0.39, 0.29) is 11.3 Å². The van der Waals surface area contributed by atoms with Crippen molar-refractivity contribution in [3.63, 3.8) is 0 Å². The van der Waals surface area contributed by atoms with E-state index < -0.39 is 10.0 Å². The van der Waals surface area contributed by atoms with Crippen LogP contribution in [0.25, 0.3) is 0 Å². The van der Waals surface area contributed by atoms with Crippen molar-refractivity contribution in [2.75, 3.05) is 19.6 Å². The summed E-state index contributed by atoms with van der Waals surface area (Å²) < 4.78 is 27.1. The topological polar surface area (TPSA) is 62.3 Å². The first-order valence-corrected chi connectivity index (χ1v) is 8.81. The molecule has 0 unspecified atom stereocenters. The highest BCUT2D eigenvalue weighted by atomic mass is 32.2. The second-order valence-electron chi connectivity index (χ2n) is 5.72. The van der Waals surface area contributed by atoms with Crippen molar-refractivity contribution in [3.05, 3.63) is 30.1 Å². The van der Waals surface area contributed by atoms with E-state index >= 15 is 0 Å². The molecule has 1 N–H and O–H groups in total. The van der Waals surface area contributed by atoms with Crippen LogP contribution in [-0.4, -0.2) is 49.2 Å². The monoisotopic (exact) mass is 295 g/mol. The third-order valence-corrected chi connectivity index (χ3v) is 5.91. The van der Waals surface area contributed by atoms with Gasteiger partial charge < -0.3 is 4.90 Å². The first kappa shape index (κ1) is 14.0. The first-order valence-electron chi connectivity index (χ1n) is 7.27. The lowest BCUT2D eigenvalue weighted by Crippen LogP contribution is -2.37. The summed E-state index contributed by atoms with van der Waals surface area (Å²) in [7, 11) is -3.12. The lowest BCUT2D eigenvalue weighted by Gasteiger charge is -2.16. The summed E-state index contributed by atoms with van der Waals surface area (Å²) in [6.07, 6.45) is 5.41. The summed E-state index contributed by atoms with van der Waals surface area (Å²) in [5, 5.41) is -0.244. The maximum atomic E-state index is 12.2. The fraction of sp³-hybridized carbons (Fsp3) is 0.643. The van der Waals surface area contributed by atoms with Crippen LogP contribution < -0.4 is 4.72 Å². The molecule has 0 amide bonds. The minimum absolute atomic E-state index is 0.211. The number of nitrogens with one attached hydrogen (secondary N) is 1. The third kappa shape index (κ3) is 3.56. The number of aromatic nitrogens is 1. The molecule has 1 atom stereocenters. The molecule has 0 spiro atoms. The predicted octanol–water partition coefficient (Wildman–Crippen LogP) is 0.780. The molecule has 2 aliphatic rings. The van der Waals surface area contributed by atoms with E-state index in [2.05, 4.69) is 14.6 Å². The Hall–Kier alpha value is -0.980. The van der Waals surface area contributed by atoms with E-state index in [9.17, 15) is 8.42 Å². The summed E-state index contributed by atoms with van der Waals surface area (Å²) in [4.78, 5) is 6.53. The van der Waals surface area contributed by atoms with Gasteiger partial charge in [0.2, 0.25) is 10.0 Å². The fourth-order valence-electron chi connectivity index (χ4n) is 2.60. The van der Waals surface area contributed by atoms with Crippen molar-refractivity contribution in [2.24, 2.45) is 0 Å². The molecule has 1 aliphatic heterocycles. The molecule has 6 heteroatoms. The SMILES string of the molecule is O=S(=O)(NC1CC1)[C@@H]1CCN(CCc2ccccn2)C1. The molecule has 2 heterocycles. The van der Waals surface area contributed by atoms with Gasteiger partial charge in [-0.2, -0.15) is 0 Å². The highest BCUT2D eigenvalue weighted by molar-refractivity contribution is 7.90. The molecule has 1 saturated carbocycles. The van der Waals surface area contributed by atoms with Gasteiger partial charge in [-0.25, -0.2) is 13.1 Å². The Balaban J connectivity index is 1.49. The van der Waals surface area contributed by atoms with Crippen molar-refractivity contribution < 1.29 is 8.42 Å². The number of rotatable bonds is 6. The number of nitrogens with zero attached hydrogens (tertiary/aromatic N) is 2. The van der Waals surface area contributed by atoms with Crippen molar-refractivity contribution in [3.8, 4) is 0 Å². The number of pyridine rings is 1. The Morgan fingerprint density at radius 3 is 2.85 bits per heavy atom. The maximum absolute atomic E-state index is 12.2. The van der Waals surface area contributed by atoms with Gasteiger partial charge in [0.1, 0.15) is 0 Å². The molecule has 5 nitrogen and oxygen atoms in total. The molecule has 1 aromatic heterocycles. The summed E-state index contributed by atoms with van der Waals surface area (Å²) in [6.45, 7) is 2.39. The van der Waals surface area contributed by atoms with Crippen molar-refractivity contribution in [1.29, 1.82) is 0 Å². The molecular weight excluding hydrogens is 274 g/mol. The Labute approximate surface area is 120 Å². The standard InChI is InChI=1S/C14H21N3O2S/c18-20(19,16-13-4-5-13)14-7-10-17(11-14)9-6-12-3-1-2-8-15-12/h1-3,8,13-14,16H,4-7,9-11H2/t14-/m1/s1. The van der Waals surface area contributed by atoms with Crippen molar-refractivity contribution >= 4 is 10.0 Å². The molecule has 0 aromatic carbocycles. The lowest BCUT2D eigenvalue weighted by atomic mass is 10.2. The molecule has 20 heavy (non-hydrogen) atoms. The van der Waals surface area contributed by atoms with Gasteiger partial charge in [0.05, 0.1) is 5.25 Å². The molecule has 0 radical (unpaired) electrons. The first-order chi connectivity index (χ1) is 9.63. The number of sulfonamides is 1. The van der Waals surface area contributed by atoms with Crippen molar-refractivity contribution in [1.82, 2.24) is 14.6 Å². The van der Waals surface area contributed by atoms with E-state index in [0.29, 0.717) is 6.54 Å². The minimum Gasteiger partial charge on any atom is -0.302 e. The number of hydrogen-bond donors (Lipinski definition) is 1. The smallest absolute Gasteiger partial charge is 0.216 e. The highest BCUT2D eigenvalue weighted by Gasteiger charge is 2.36. The summed E-state index contributed by atoms with van der Waals surface area (Å²) in [5.74, 6) is 0. The molecule has 2 fully saturated rings. The van der Waals surface area contributed by atoms with Gasteiger partial charge in [-0.05, 0) is 37.9 Å². The van der Waals surface area contributed by atoms with Crippen LogP contribution in [0.1, 0.15) is 25.0 Å². The molecule has 1 aliphatic carbocycles. The molecule has 1 saturated heterocycles. The maximum Gasteiger partial charge on any atom is 0.216 e. The second kappa shape index (κ2) is 5.79. The van der Waals surface area contributed by atoms with E-state index in [4.69, 9.17) is 0 Å². The van der Waals surface area contributed by atoms with E-state index in [0.717, 1.165) is 44.5 Å². The van der Waals surface area contributed by atoms with Crippen LogP contribution in [0.4, 0.5) is 0 Å². The van der Waals surface area contributed by atoms with Gasteiger partial charge in [0.25, 0.3) is 0 Å². The van der Waals surface area contributed by atoms with E-state index in [1.807, 2.05) is 18.2 Å². The van der Waals surface area contributed by atoms with Gasteiger partial charge in [-0.3, -0.25) is 4.98 Å². The summed E-state index contributed by atoms with van der Waals surface area (Å²) in [6, 6.07) is 6.12. The Bertz CT molecular complexity index is 543. The highest BCUT2D eigenvalue weighted by Crippen LogP contribution is 2.23. The average Bonchev–Trinajstić information content (AvgIpc) is 3.10. The predicted molar refractivity (Wildman–Crippen MR) is 77.9 cm³/mol. The van der Waals surface area contributed by atoms with E-state index in [1.165, 1.54) is 0 Å². The third-order valence-electron chi connectivity index (χ3n) is 3.99. The normalized spacial score (nSPS) is 24.1. The Kier molecular flexibility index (Phi) is 4.05. The molecule has 1 aromatic rings. The van der Waals surface area contributed by atoms with Crippen LogP contribution in [0, 0.1) is 0 Å². The molecular formula is C14H21N3O2S. The zero-order valence-electron chi connectivity index (χ0n) is 11.5. The number of likely N-dealkylation sites (tertiary alicyclic amines) is 1. The van der Waals surface area contributed by atoms with Crippen LogP contribution >= 0.6 is 0 Å². The number of hydrogen-bond acceptors (Lipinski definition) is 4. The van der Waals surface area contributed by atoms with Gasteiger partial charge >= 0.3 is 0 Å². The summed E-state index contributed by atoms with van der Waals surface area (Å²) >= 11 is 0. The van der Waals surface area contributed by atoms with Crippen LogP contribution in [-0.2, 0) is 16.4 Å². The molecule has 0 bridgehead atoms. The minimum atomic E-state index is -3.12. The van der Waals surface area contributed by atoms with Gasteiger partial charge in [0, 0.05) is 37.4 Å². The lowest BCUT2D eigenvalue weighted by molar-refractivity contribution is 0.342. The average molecular weight is 295 g/mol. The van der Waals surface area contributed by atoms with E-state index in [1.54, 1.807) is 6.20 Å². The Morgan fingerprint density at radius 2 is 2.15 bits per heavy atom. The Morgan fingerprint density at radius 1 is 1.30 bits per heavy atom. The largest absolute Gasteiger partial charge is 0.302 e. The van der Waals surface area contributed by atoms with Crippen LogP contribution in [0.5, 0.6) is 0 Å². The molecule has 110 valence electrons. The van der Waals surface area contributed by atoms with Crippen LogP contribution in [0.2, 0.25) is 0 Å². The van der Waals surface area contributed by atoms with Crippen molar-refractivity contribution in [2.45, 2.75) is 37.0 Å².